The highest BCUT2D eigenvalue weighted by molar-refractivity contribution is 6.00. The zero-order valence-corrected chi connectivity index (χ0v) is 12.0. The van der Waals surface area contributed by atoms with Crippen molar-refractivity contribution >= 4 is 23.5 Å². The number of rotatable bonds is 4. The third kappa shape index (κ3) is 3.39. The lowest BCUT2D eigenvalue weighted by Crippen LogP contribution is -2.42. The zero-order valence-electron chi connectivity index (χ0n) is 12.0. The van der Waals surface area contributed by atoms with E-state index < -0.39 is 23.8 Å². The lowest BCUT2D eigenvalue weighted by atomic mass is 10.1. The van der Waals surface area contributed by atoms with Gasteiger partial charge in [0.15, 0.2) is 0 Å². The van der Waals surface area contributed by atoms with E-state index in [0.717, 1.165) is 11.3 Å². The van der Waals surface area contributed by atoms with E-state index in [4.69, 9.17) is 5.11 Å². The molecule has 2 rings (SSSR count). The van der Waals surface area contributed by atoms with Crippen molar-refractivity contribution in [2.75, 3.05) is 11.4 Å². The van der Waals surface area contributed by atoms with Gasteiger partial charge in [0.25, 0.3) is 0 Å². The summed E-state index contributed by atoms with van der Waals surface area (Å²) in [6.07, 6.45) is 0.103. The Morgan fingerprint density at radius 1 is 1.33 bits per heavy atom. The number of anilines is 1. The average molecular weight is 290 g/mol. The highest BCUT2D eigenvalue weighted by Crippen LogP contribution is 2.25. The maximum atomic E-state index is 12.0. The van der Waals surface area contributed by atoms with E-state index in [1.807, 2.05) is 31.2 Å². The fourth-order valence-electron chi connectivity index (χ4n) is 2.25. The van der Waals surface area contributed by atoms with Gasteiger partial charge in [0.1, 0.15) is 6.04 Å². The van der Waals surface area contributed by atoms with Crippen molar-refractivity contribution in [3.63, 3.8) is 0 Å². The molecule has 6 heteroatoms. The molecule has 1 saturated heterocycles. The molecule has 6 nitrogen and oxygen atoms in total. The first-order valence-electron chi connectivity index (χ1n) is 6.78. The van der Waals surface area contributed by atoms with Gasteiger partial charge in [-0.3, -0.25) is 14.4 Å². The third-order valence-corrected chi connectivity index (χ3v) is 3.57. The topological polar surface area (TPSA) is 86.7 Å². The monoisotopic (exact) mass is 290 g/mol. The first-order valence-corrected chi connectivity index (χ1v) is 6.78. The van der Waals surface area contributed by atoms with Gasteiger partial charge < -0.3 is 15.3 Å². The number of hydrogen-bond donors (Lipinski definition) is 2. The molecule has 1 aromatic rings. The molecule has 2 amide bonds. The maximum absolute atomic E-state index is 12.0. The van der Waals surface area contributed by atoms with Gasteiger partial charge in [0.05, 0.1) is 5.92 Å². The van der Waals surface area contributed by atoms with Gasteiger partial charge >= 0.3 is 5.97 Å². The average Bonchev–Trinajstić information content (AvgIpc) is 2.81. The van der Waals surface area contributed by atoms with Crippen LogP contribution in [0.25, 0.3) is 0 Å². The second-order valence-corrected chi connectivity index (χ2v) is 5.31. The molecule has 0 aliphatic carbocycles. The van der Waals surface area contributed by atoms with Crippen LogP contribution in [0.5, 0.6) is 0 Å². The molecule has 2 atom stereocenters. The number of carboxylic acids is 1. The van der Waals surface area contributed by atoms with Crippen LogP contribution in [0.4, 0.5) is 5.69 Å². The van der Waals surface area contributed by atoms with Crippen molar-refractivity contribution in [1.82, 2.24) is 5.32 Å². The van der Waals surface area contributed by atoms with Crippen LogP contribution in [0, 0.1) is 12.8 Å². The van der Waals surface area contributed by atoms with Crippen molar-refractivity contribution < 1.29 is 19.5 Å². The number of carbonyl (C=O) groups is 3. The Kier molecular flexibility index (Phi) is 4.26. The summed E-state index contributed by atoms with van der Waals surface area (Å²) < 4.78 is 0. The van der Waals surface area contributed by atoms with Crippen molar-refractivity contribution in [2.45, 2.75) is 26.3 Å². The normalized spacial score (nSPS) is 19.4. The molecular weight excluding hydrogens is 272 g/mol. The van der Waals surface area contributed by atoms with Crippen LogP contribution >= 0.6 is 0 Å². The Morgan fingerprint density at radius 3 is 2.52 bits per heavy atom. The number of hydrogen-bond acceptors (Lipinski definition) is 3. The van der Waals surface area contributed by atoms with E-state index in [-0.39, 0.29) is 18.9 Å². The number of nitrogens with zero attached hydrogens (tertiary/aromatic N) is 1. The molecular formula is C15H18N2O4. The van der Waals surface area contributed by atoms with Crippen LogP contribution in [0.2, 0.25) is 0 Å². The lowest BCUT2D eigenvalue weighted by molar-refractivity contribution is -0.141. The Hall–Kier alpha value is -2.37. The van der Waals surface area contributed by atoms with Crippen LogP contribution in [-0.2, 0) is 14.4 Å². The molecule has 1 aliphatic rings. The van der Waals surface area contributed by atoms with E-state index in [9.17, 15) is 14.4 Å². The van der Waals surface area contributed by atoms with Crippen LogP contribution in [-0.4, -0.2) is 35.5 Å². The number of benzene rings is 1. The minimum absolute atomic E-state index is 0.103. The number of carboxylic acid groups (broad SMARTS) is 1. The number of amides is 2. The molecule has 1 aromatic carbocycles. The zero-order chi connectivity index (χ0) is 15.6. The standard InChI is InChI=1S/C15H18N2O4/c1-9-3-5-12(6-4-9)17-8-11(7-13(17)18)14(19)16-10(2)15(20)21/h3-6,10-11H,7-8H2,1-2H3,(H,16,19)(H,20,21)/t10-,11?/m1/s1. The van der Waals surface area contributed by atoms with Crippen molar-refractivity contribution in [2.24, 2.45) is 5.92 Å². The first kappa shape index (κ1) is 15.0. The Labute approximate surface area is 122 Å². The van der Waals surface area contributed by atoms with Gasteiger partial charge in [-0.05, 0) is 26.0 Å². The quantitative estimate of drug-likeness (QED) is 0.864. The second-order valence-electron chi connectivity index (χ2n) is 5.31. The minimum atomic E-state index is -1.09. The summed E-state index contributed by atoms with van der Waals surface area (Å²) in [5, 5.41) is 11.2. The van der Waals surface area contributed by atoms with Gasteiger partial charge in [-0.1, -0.05) is 17.7 Å². The highest BCUT2D eigenvalue weighted by Gasteiger charge is 2.35. The van der Waals surface area contributed by atoms with Gasteiger partial charge in [-0.2, -0.15) is 0 Å². The van der Waals surface area contributed by atoms with Crippen molar-refractivity contribution in [1.29, 1.82) is 0 Å². The Balaban J connectivity index is 2.04. The van der Waals surface area contributed by atoms with E-state index in [1.165, 1.54) is 6.92 Å². The van der Waals surface area contributed by atoms with Gasteiger partial charge in [0, 0.05) is 18.7 Å². The van der Waals surface area contributed by atoms with Crippen LogP contribution in [0.1, 0.15) is 18.9 Å². The maximum Gasteiger partial charge on any atom is 0.325 e. The fourth-order valence-corrected chi connectivity index (χ4v) is 2.25. The smallest absolute Gasteiger partial charge is 0.325 e. The third-order valence-electron chi connectivity index (χ3n) is 3.57. The molecule has 2 N–H and O–H groups in total. The number of aliphatic carboxylic acids is 1. The predicted octanol–water partition coefficient (Wildman–Crippen LogP) is 0.937. The molecule has 21 heavy (non-hydrogen) atoms. The van der Waals surface area contributed by atoms with Crippen LogP contribution < -0.4 is 10.2 Å². The molecule has 1 aliphatic heterocycles. The number of aryl methyl sites for hydroxylation is 1. The largest absolute Gasteiger partial charge is 0.480 e. The van der Waals surface area contributed by atoms with Crippen molar-refractivity contribution in [3.05, 3.63) is 29.8 Å². The summed E-state index contributed by atoms with van der Waals surface area (Å²) in [5.74, 6) is -2.13. The van der Waals surface area contributed by atoms with E-state index in [2.05, 4.69) is 5.32 Å². The first-order chi connectivity index (χ1) is 9.88. The minimum Gasteiger partial charge on any atom is -0.480 e. The molecule has 1 unspecified atom stereocenters. The van der Waals surface area contributed by atoms with Gasteiger partial charge in [-0.15, -0.1) is 0 Å². The molecule has 1 fully saturated rings. The van der Waals surface area contributed by atoms with Gasteiger partial charge in [-0.25, -0.2) is 0 Å². The van der Waals surface area contributed by atoms with E-state index in [0.29, 0.717) is 0 Å². The van der Waals surface area contributed by atoms with Crippen molar-refractivity contribution in [3.8, 4) is 0 Å². The molecule has 0 saturated carbocycles. The summed E-state index contributed by atoms with van der Waals surface area (Å²) >= 11 is 0. The lowest BCUT2D eigenvalue weighted by Gasteiger charge is -2.17. The molecule has 0 radical (unpaired) electrons. The molecule has 112 valence electrons. The fraction of sp³-hybridized carbons (Fsp3) is 0.400. The van der Waals surface area contributed by atoms with Crippen LogP contribution in [0.15, 0.2) is 24.3 Å². The summed E-state index contributed by atoms with van der Waals surface area (Å²) in [4.78, 5) is 36.3. The Morgan fingerprint density at radius 2 is 1.95 bits per heavy atom. The molecule has 0 aromatic heterocycles. The summed E-state index contributed by atoms with van der Waals surface area (Å²) in [6, 6.07) is 6.53. The van der Waals surface area contributed by atoms with E-state index >= 15 is 0 Å². The molecule has 0 bridgehead atoms. The van der Waals surface area contributed by atoms with E-state index in [1.54, 1.807) is 4.90 Å². The molecule has 1 heterocycles. The second kappa shape index (κ2) is 5.95. The van der Waals surface area contributed by atoms with Crippen LogP contribution in [0.3, 0.4) is 0 Å². The van der Waals surface area contributed by atoms with Gasteiger partial charge in [0.2, 0.25) is 11.8 Å². The number of carbonyl (C=O) groups excluding carboxylic acids is 2. The summed E-state index contributed by atoms with van der Waals surface area (Å²) in [5.41, 5.74) is 1.85. The number of nitrogens with one attached hydrogen (secondary N) is 1. The molecule has 0 spiro atoms. The summed E-state index contributed by atoms with van der Waals surface area (Å²) in [7, 11) is 0. The highest BCUT2D eigenvalue weighted by atomic mass is 16.4. The Bertz CT molecular complexity index is 568. The SMILES string of the molecule is Cc1ccc(N2CC(C(=O)N[C@H](C)C(=O)O)CC2=O)cc1. The summed E-state index contributed by atoms with van der Waals surface area (Å²) in [6.45, 7) is 3.63. The predicted molar refractivity (Wildman–Crippen MR) is 76.9 cm³/mol.